The van der Waals surface area contributed by atoms with Gasteiger partial charge in [0.05, 0.1) is 5.39 Å². The van der Waals surface area contributed by atoms with Gasteiger partial charge in [-0.1, -0.05) is 15.9 Å². The zero-order valence-electron chi connectivity index (χ0n) is 13.3. The van der Waals surface area contributed by atoms with Crippen molar-refractivity contribution in [3.8, 4) is 17.2 Å². The SMILES string of the molecule is Cc1nc(-n2nnc(-c3ccc(Br)cc3)n2)c2c(C)c(C)sc2n1. The average Bonchev–Trinajstić information content (AvgIpc) is 3.13. The first-order valence-corrected chi connectivity index (χ1v) is 8.94. The number of benzene rings is 1. The summed E-state index contributed by atoms with van der Waals surface area (Å²) >= 11 is 5.09. The Labute approximate surface area is 150 Å². The van der Waals surface area contributed by atoms with Crippen LogP contribution in [0.4, 0.5) is 0 Å². The molecule has 0 atom stereocenters. The number of thiophene rings is 1. The minimum atomic E-state index is 0.566. The van der Waals surface area contributed by atoms with Gasteiger partial charge in [-0.15, -0.1) is 26.3 Å². The van der Waals surface area contributed by atoms with Crippen molar-refractivity contribution in [1.29, 1.82) is 0 Å². The number of hydrogen-bond acceptors (Lipinski definition) is 6. The summed E-state index contributed by atoms with van der Waals surface area (Å²) in [7, 11) is 0. The van der Waals surface area contributed by atoms with E-state index in [2.05, 4.69) is 55.2 Å². The summed E-state index contributed by atoms with van der Waals surface area (Å²) in [4.78, 5) is 12.8. The molecule has 4 aromatic rings. The molecule has 120 valence electrons. The van der Waals surface area contributed by atoms with E-state index in [1.54, 1.807) is 11.3 Å². The maximum absolute atomic E-state index is 4.55. The molecule has 0 amide bonds. The Balaban J connectivity index is 1.88. The molecule has 0 bridgehead atoms. The molecule has 0 aliphatic carbocycles. The van der Waals surface area contributed by atoms with Crippen molar-refractivity contribution in [2.45, 2.75) is 20.8 Å². The van der Waals surface area contributed by atoms with E-state index in [0.717, 1.165) is 25.8 Å². The van der Waals surface area contributed by atoms with Gasteiger partial charge < -0.3 is 0 Å². The van der Waals surface area contributed by atoms with E-state index in [1.165, 1.54) is 9.67 Å². The monoisotopic (exact) mass is 400 g/mol. The highest BCUT2D eigenvalue weighted by Gasteiger charge is 2.17. The standard InChI is InChI=1S/C16H13BrN6S/c1-8-9(2)24-16-13(8)15(18-10(3)19-16)23-21-14(20-22-23)11-4-6-12(17)7-5-11/h4-7H,1-3H3. The van der Waals surface area contributed by atoms with E-state index in [-0.39, 0.29) is 0 Å². The van der Waals surface area contributed by atoms with Gasteiger partial charge in [-0.25, -0.2) is 9.97 Å². The van der Waals surface area contributed by atoms with Gasteiger partial charge in [0.2, 0.25) is 5.82 Å². The van der Waals surface area contributed by atoms with E-state index in [4.69, 9.17) is 0 Å². The minimum absolute atomic E-state index is 0.566. The Kier molecular flexibility index (Phi) is 3.65. The molecular formula is C16H13BrN6S. The molecule has 0 saturated carbocycles. The Morgan fingerprint density at radius 1 is 1.04 bits per heavy atom. The fourth-order valence-electron chi connectivity index (χ4n) is 2.50. The van der Waals surface area contributed by atoms with Crippen LogP contribution in [0.1, 0.15) is 16.3 Å². The second-order valence-corrected chi connectivity index (χ2v) is 7.59. The van der Waals surface area contributed by atoms with Crippen molar-refractivity contribution in [2.24, 2.45) is 0 Å². The van der Waals surface area contributed by atoms with Crippen LogP contribution in [-0.4, -0.2) is 30.2 Å². The smallest absolute Gasteiger partial charge is 0.205 e. The first-order valence-electron chi connectivity index (χ1n) is 7.33. The fraction of sp³-hybridized carbons (Fsp3) is 0.188. The summed E-state index contributed by atoms with van der Waals surface area (Å²) in [5.74, 6) is 1.94. The van der Waals surface area contributed by atoms with Crippen LogP contribution in [0.25, 0.3) is 27.4 Å². The second kappa shape index (κ2) is 5.71. The lowest BCUT2D eigenvalue weighted by Crippen LogP contribution is -2.05. The molecule has 0 aliphatic rings. The Morgan fingerprint density at radius 3 is 2.54 bits per heavy atom. The number of aryl methyl sites for hydroxylation is 3. The quantitative estimate of drug-likeness (QED) is 0.508. The molecule has 24 heavy (non-hydrogen) atoms. The molecule has 0 unspecified atom stereocenters. The van der Waals surface area contributed by atoms with Crippen LogP contribution < -0.4 is 0 Å². The van der Waals surface area contributed by atoms with Crippen molar-refractivity contribution in [2.75, 3.05) is 0 Å². The second-order valence-electron chi connectivity index (χ2n) is 5.47. The van der Waals surface area contributed by atoms with E-state index in [9.17, 15) is 0 Å². The van der Waals surface area contributed by atoms with Crippen molar-refractivity contribution in [1.82, 2.24) is 30.2 Å². The summed E-state index contributed by atoms with van der Waals surface area (Å²) in [6, 6.07) is 7.81. The van der Waals surface area contributed by atoms with Gasteiger partial charge in [-0.05, 0) is 55.8 Å². The highest BCUT2D eigenvalue weighted by atomic mass is 79.9. The molecule has 1 aromatic carbocycles. The maximum Gasteiger partial charge on any atom is 0.205 e. The van der Waals surface area contributed by atoms with Crippen LogP contribution >= 0.6 is 27.3 Å². The van der Waals surface area contributed by atoms with Crippen LogP contribution in [-0.2, 0) is 0 Å². The Bertz CT molecular complexity index is 1050. The zero-order valence-corrected chi connectivity index (χ0v) is 15.7. The topological polar surface area (TPSA) is 69.4 Å². The lowest BCUT2D eigenvalue weighted by Gasteiger charge is -2.02. The van der Waals surface area contributed by atoms with Crippen molar-refractivity contribution >= 4 is 37.5 Å². The van der Waals surface area contributed by atoms with Crippen LogP contribution in [0.3, 0.4) is 0 Å². The fourth-order valence-corrected chi connectivity index (χ4v) is 3.83. The van der Waals surface area contributed by atoms with Crippen molar-refractivity contribution < 1.29 is 0 Å². The number of fused-ring (bicyclic) bond motifs is 1. The third-order valence-electron chi connectivity index (χ3n) is 3.83. The number of aromatic nitrogens is 6. The number of nitrogens with zero attached hydrogens (tertiary/aromatic N) is 6. The van der Waals surface area contributed by atoms with E-state index < -0.39 is 0 Å². The number of hydrogen-bond donors (Lipinski definition) is 0. The number of halogens is 1. The molecule has 8 heteroatoms. The van der Waals surface area contributed by atoms with E-state index in [0.29, 0.717) is 17.5 Å². The normalized spacial score (nSPS) is 11.3. The first kappa shape index (κ1) is 15.3. The summed E-state index contributed by atoms with van der Waals surface area (Å²) in [5, 5.41) is 13.9. The Hall–Kier alpha value is -2.19. The number of tetrazole rings is 1. The van der Waals surface area contributed by atoms with Crippen molar-refractivity contribution in [3.63, 3.8) is 0 Å². The first-order chi connectivity index (χ1) is 11.5. The van der Waals surface area contributed by atoms with Crippen LogP contribution in [0.15, 0.2) is 28.7 Å². The molecule has 0 radical (unpaired) electrons. The molecular weight excluding hydrogens is 388 g/mol. The zero-order chi connectivity index (χ0) is 16.8. The van der Waals surface area contributed by atoms with Crippen molar-refractivity contribution in [3.05, 3.63) is 45.0 Å². The highest BCUT2D eigenvalue weighted by molar-refractivity contribution is 9.10. The molecule has 0 fully saturated rings. The van der Waals surface area contributed by atoms with Gasteiger partial charge in [0.15, 0.2) is 5.82 Å². The van der Waals surface area contributed by atoms with E-state index in [1.807, 2.05) is 31.2 Å². The molecule has 3 aromatic heterocycles. The number of rotatable bonds is 2. The molecule has 4 rings (SSSR count). The Morgan fingerprint density at radius 2 is 1.79 bits per heavy atom. The van der Waals surface area contributed by atoms with Gasteiger partial charge in [0.1, 0.15) is 10.7 Å². The summed E-state index contributed by atoms with van der Waals surface area (Å²) in [6.45, 7) is 6.03. The third kappa shape index (κ3) is 2.51. The van der Waals surface area contributed by atoms with Gasteiger partial charge in [0.25, 0.3) is 0 Å². The average molecular weight is 401 g/mol. The summed E-state index contributed by atoms with van der Waals surface area (Å²) in [6.07, 6.45) is 0. The molecule has 0 N–H and O–H groups in total. The lowest BCUT2D eigenvalue weighted by molar-refractivity contribution is 0.701. The van der Waals surface area contributed by atoms with Gasteiger partial charge in [-0.3, -0.25) is 0 Å². The molecule has 0 spiro atoms. The molecule has 3 heterocycles. The molecule has 0 aliphatic heterocycles. The third-order valence-corrected chi connectivity index (χ3v) is 5.46. The van der Waals surface area contributed by atoms with Crippen LogP contribution in [0.5, 0.6) is 0 Å². The lowest BCUT2D eigenvalue weighted by atomic mass is 10.2. The van der Waals surface area contributed by atoms with Gasteiger partial charge in [-0.2, -0.15) is 0 Å². The minimum Gasteiger partial charge on any atom is -0.222 e. The maximum atomic E-state index is 4.55. The van der Waals surface area contributed by atoms with Crippen LogP contribution in [0.2, 0.25) is 0 Å². The molecule has 6 nitrogen and oxygen atoms in total. The predicted octanol–water partition coefficient (Wildman–Crippen LogP) is 4.02. The predicted molar refractivity (Wildman–Crippen MR) is 97.5 cm³/mol. The summed E-state index contributed by atoms with van der Waals surface area (Å²) < 4.78 is 1.01. The van der Waals surface area contributed by atoms with Crippen LogP contribution in [0, 0.1) is 20.8 Å². The van der Waals surface area contributed by atoms with E-state index >= 15 is 0 Å². The van der Waals surface area contributed by atoms with Gasteiger partial charge in [0, 0.05) is 14.9 Å². The molecule has 0 saturated heterocycles. The largest absolute Gasteiger partial charge is 0.222 e. The van der Waals surface area contributed by atoms with Gasteiger partial charge >= 0.3 is 0 Å². The summed E-state index contributed by atoms with van der Waals surface area (Å²) in [5.41, 5.74) is 2.07. The highest BCUT2D eigenvalue weighted by Crippen LogP contribution is 2.32.